The van der Waals surface area contributed by atoms with E-state index in [1.54, 1.807) is 18.9 Å². The largest absolute Gasteiger partial charge is 0.382 e. The molecule has 3 heterocycles. The second-order valence-corrected chi connectivity index (χ2v) is 33.8. The van der Waals surface area contributed by atoms with Crippen LogP contribution < -0.4 is 10.6 Å². The lowest BCUT2D eigenvalue weighted by atomic mass is 9.57. The van der Waals surface area contributed by atoms with Crippen molar-refractivity contribution in [1.29, 1.82) is 0 Å². The smallest absolute Gasteiger partial charge is 0.249 e. The van der Waals surface area contributed by atoms with Crippen molar-refractivity contribution in [1.82, 2.24) is 59.6 Å². The summed E-state index contributed by atoms with van der Waals surface area (Å²) in [5, 5.41) is 5.34. The number of halogens is 2. The minimum Gasteiger partial charge on any atom is -0.382 e. The fourth-order valence-electron chi connectivity index (χ4n) is 16.8. The highest BCUT2D eigenvalue weighted by Crippen LogP contribution is 2.53. The molecule has 0 aromatic carbocycles. The maximum Gasteiger partial charge on any atom is 0.249 e. The van der Waals surface area contributed by atoms with Crippen molar-refractivity contribution in [3.8, 4) is 0 Å². The summed E-state index contributed by atoms with van der Waals surface area (Å²) in [5.74, 6) is -7.65. The topological polar surface area (TPSA) is 271 Å². The molecule has 27 heteroatoms. The number of carbonyl (C=O) groups is 12. The Bertz CT molecular complexity index is 3040. The van der Waals surface area contributed by atoms with Crippen molar-refractivity contribution in [2.24, 2.45) is 40.4 Å². The molecule has 25 nitrogen and oxygen atoms in total. The van der Waals surface area contributed by atoms with Crippen LogP contribution >= 0.6 is 23.2 Å². The molecule has 2 bridgehead atoms. The van der Waals surface area contributed by atoms with Crippen molar-refractivity contribution < 1.29 is 62.3 Å². The highest BCUT2D eigenvalue weighted by Gasteiger charge is 2.62. The van der Waals surface area contributed by atoms with Gasteiger partial charge in [-0.3, -0.25) is 57.5 Å². The maximum atomic E-state index is 16.0. The fraction of sp³-hybridized carbons (Fsp3) is 0.813. The van der Waals surface area contributed by atoms with Gasteiger partial charge in [-0.25, -0.2) is 0 Å². The Balaban J connectivity index is 1.49. The van der Waals surface area contributed by atoms with Crippen LogP contribution in [0.5, 0.6) is 0 Å². The van der Waals surface area contributed by atoms with Crippen LogP contribution in [-0.2, 0) is 62.3 Å². The fourth-order valence-corrected chi connectivity index (χ4v) is 17.4. The first-order chi connectivity index (χ1) is 47.7. The molecule has 0 radical (unpaired) electrons. The summed E-state index contributed by atoms with van der Waals surface area (Å²) in [6.45, 7) is 16.3. The number of amides is 12. The number of nitrogens with one attached hydrogen (secondary N) is 2. The van der Waals surface area contributed by atoms with Crippen molar-refractivity contribution in [2.45, 2.75) is 249 Å². The van der Waals surface area contributed by atoms with E-state index in [4.69, 9.17) is 27.9 Å². The zero-order chi connectivity index (χ0) is 76.4. The lowest BCUT2D eigenvalue weighted by molar-refractivity contribution is -0.174. The van der Waals surface area contributed by atoms with Crippen LogP contribution in [0.1, 0.15) is 184 Å². The molecule has 12 amide bonds. The molecule has 12 atom stereocenters. The highest BCUT2D eigenvalue weighted by molar-refractivity contribution is 6.30. The monoisotopic (exact) mass is 1470 g/mol. The van der Waals surface area contributed by atoms with E-state index in [1.807, 2.05) is 60.6 Å². The van der Waals surface area contributed by atoms with Gasteiger partial charge in [0, 0.05) is 89.0 Å². The van der Waals surface area contributed by atoms with E-state index in [0.29, 0.717) is 57.3 Å². The van der Waals surface area contributed by atoms with Gasteiger partial charge in [-0.2, -0.15) is 0 Å². The molecular formula is C75H124Cl2N12O13. The van der Waals surface area contributed by atoms with Gasteiger partial charge in [0.15, 0.2) is 0 Å². The van der Waals surface area contributed by atoms with Crippen LogP contribution in [0.15, 0.2) is 12.2 Å². The summed E-state index contributed by atoms with van der Waals surface area (Å²) in [5.41, 5.74) is -2.63. The summed E-state index contributed by atoms with van der Waals surface area (Å²) < 4.78 is 5.53. The molecule has 576 valence electrons. The quantitative estimate of drug-likeness (QED) is 0.158. The summed E-state index contributed by atoms with van der Waals surface area (Å²) >= 11 is 13.4. The zero-order valence-electron chi connectivity index (χ0n) is 64.8. The minimum atomic E-state index is -1.53. The number of alkyl halides is 2. The highest BCUT2D eigenvalue weighted by atomic mass is 35.5. The molecule has 1 spiro atoms. The Morgan fingerprint density at radius 3 is 1.84 bits per heavy atom. The Hall–Kier alpha value is -6.08. The van der Waals surface area contributed by atoms with E-state index in [1.165, 1.54) is 103 Å². The predicted molar refractivity (Wildman–Crippen MR) is 392 cm³/mol. The average molecular weight is 1470 g/mol. The lowest BCUT2D eigenvalue weighted by Gasteiger charge is -2.58. The SMILES string of the molecule is CCC(CC)[C@H]1C(=O)N(C)[C@H](C(=O)N(C)C)CC(=O)N(C)[C@@H](COC)C(=O)N[C@@H]([C@@H](C)CC)C(=O)N(C)CC(=O)N(C)[C@H]2C/C=C\CCN(C2=O)[C@@H](CC2CCC(C)CC2)C(=O)N(C)CC(=O)N[C@@H](CCC2CCC(Cl)C(Cl)C2)C(=O)N2CC(C)(C)C[C@H]2C(=O)N(C)C2(CC(C)(C)C2)C(=O)N1C. The Morgan fingerprint density at radius 2 is 1.26 bits per heavy atom. The second-order valence-electron chi connectivity index (χ2n) is 32.7. The number of hydrogen-bond donors (Lipinski definition) is 2. The third kappa shape index (κ3) is 20.1. The van der Waals surface area contributed by atoms with Crippen molar-refractivity contribution in [3.05, 3.63) is 12.2 Å². The number of hydrogen-bond acceptors (Lipinski definition) is 13. The van der Waals surface area contributed by atoms with E-state index < -0.39 is 167 Å². The second kappa shape index (κ2) is 36.3. The van der Waals surface area contributed by atoms with Gasteiger partial charge in [0.2, 0.25) is 70.9 Å². The van der Waals surface area contributed by atoms with E-state index in [0.717, 1.165) is 37.0 Å². The average Bonchev–Trinajstić information content (AvgIpc) is 0.944. The summed E-state index contributed by atoms with van der Waals surface area (Å²) in [6, 6.07) is -9.80. The number of carbonyl (C=O) groups excluding carboxylic acids is 12. The van der Waals surface area contributed by atoms with Crippen LogP contribution in [0.3, 0.4) is 0 Å². The molecule has 0 aromatic rings. The van der Waals surface area contributed by atoms with Crippen LogP contribution in [0, 0.1) is 40.4 Å². The molecule has 5 fully saturated rings. The lowest BCUT2D eigenvalue weighted by Crippen LogP contribution is -2.71. The number of methoxy groups -OCH3 is 1. The molecule has 2 N–H and O–H groups in total. The van der Waals surface area contributed by atoms with Crippen molar-refractivity contribution in [3.63, 3.8) is 0 Å². The van der Waals surface area contributed by atoms with Gasteiger partial charge >= 0.3 is 0 Å². The Morgan fingerprint density at radius 1 is 0.647 bits per heavy atom. The Kier molecular flexibility index (Phi) is 30.2. The molecular weight excluding hydrogens is 1350 g/mol. The molecule has 6 rings (SSSR count). The maximum absolute atomic E-state index is 16.0. The van der Waals surface area contributed by atoms with Gasteiger partial charge in [-0.05, 0) is 111 Å². The van der Waals surface area contributed by atoms with Gasteiger partial charge in [0.25, 0.3) is 0 Å². The number of likely N-dealkylation sites (N-methyl/N-ethyl adjacent to an activating group) is 8. The number of fused-ring (bicyclic) bond motifs is 3. The third-order valence-corrected chi connectivity index (χ3v) is 24.6. The molecule has 6 aliphatic rings. The Labute approximate surface area is 617 Å². The van der Waals surface area contributed by atoms with Crippen LogP contribution in [0.2, 0.25) is 0 Å². The molecule has 0 aromatic heterocycles. The molecule has 3 aliphatic heterocycles. The zero-order valence-corrected chi connectivity index (χ0v) is 66.3. The van der Waals surface area contributed by atoms with E-state index in [9.17, 15) is 28.8 Å². The number of ether oxygens (including phenoxy) is 1. The molecule has 2 saturated heterocycles. The molecule has 3 unspecified atom stereocenters. The number of nitrogens with zero attached hydrogens (tertiary/aromatic N) is 10. The van der Waals surface area contributed by atoms with Gasteiger partial charge < -0.3 is 64.4 Å². The molecule has 3 saturated carbocycles. The predicted octanol–water partition coefficient (Wildman–Crippen LogP) is 6.00. The first-order valence-corrected chi connectivity index (χ1v) is 38.3. The standard InChI is InChI=1S/C75H124Cl2N12O13/c1-20-47(5)62-70(99)82(13)41-61(92)83(14)54-26-24-23-25-35-88(69(54)98)56(37-49-29-27-46(4)28-30-49)67(96)81(12)40-59(90)78-53(34-32-48-31-33-51(76)52(77)36-48)65(94)89-45-73(6,7)39-57(89)68(97)87(18)75(43-74(8,9)44-75)72(101)86(17)63(50(21-2)22-3)71(100)85(16)55(66(95)80(10)11)38-60(91)84(15)58(42-102-19)64(93)79-62/h23-24,46-58,62-63H,20-22,25-45H2,1-19H3,(H,78,90)(H,79,93)/b24-23-/t46?,47-,48?,49?,51?,52?,53-,54-,55-,56-,57-,58-,62-,63-/m0/s1. The van der Waals surface area contributed by atoms with Crippen LogP contribution in [0.4, 0.5) is 0 Å². The van der Waals surface area contributed by atoms with E-state index in [2.05, 4.69) is 17.6 Å². The van der Waals surface area contributed by atoms with Crippen LogP contribution in [-0.4, -0.2) is 288 Å². The number of rotatable bonds is 13. The first kappa shape index (κ1) is 84.9. The normalized spacial score (nSPS) is 31.5. The third-order valence-electron chi connectivity index (χ3n) is 23.5. The van der Waals surface area contributed by atoms with Gasteiger partial charge in [-0.15, -0.1) is 23.2 Å². The van der Waals surface area contributed by atoms with Crippen molar-refractivity contribution in [2.75, 3.05) is 103 Å². The van der Waals surface area contributed by atoms with Crippen LogP contribution in [0.25, 0.3) is 0 Å². The van der Waals surface area contributed by atoms with Crippen molar-refractivity contribution >= 4 is 94.1 Å². The van der Waals surface area contributed by atoms with E-state index >= 15 is 28.8 Å². The van der Waals surface area contributed by atoms with Gasteiger partial charge in [0.05, 0.1) is 31.5 Å². The molecule has 3 aliphatic carbocycles. The van der Waals surface area contributed by atoms with E-state index in [-0.39, 0.29) is 74.4 Å². The minimum absolute atomic E-state index is 0.0513. The summed E-state index contributed by atoms with van der Waals surface area (Å²) in [4.78, 5) is 196. The summed E-state index contributed by atoms with van der Waals surface area (Å²) in [7, 11) is 14.6. The summed E-state index contributed by atoms with van der Waals surface area (Å²) in [6.07, 6.45) is 11.8. The van der Waals surface area contributed by atoms with Gasteiger partial charge in [-0.1, -0.05) is 119 Å². The molecule has 102 heavy (non-hydrogen) atoms. The first-order valence-electron chi connectivity index (χ1n) is 37.4. The van der Waals surface area contributed by atoms with Gasteiger partial charge in [0.1, 0.15) is 53.9 Å².